The van der Waals surface area contributed by atoms with E-state index in [9.17, 15) is 9.59 Å². The van der Waals surface area contributed by atoms with E-state index >= 15 is 0 Å². The second-order valence-corrected chi connectivity index (χ2v) is 5.76. The van der Waals surface area contributed by atoms with Crippen LogP contribution in [0.15, 0.2) is 47.3 Å². The van der Waals surface area contributed by atoms with Gasteiger partial charge in [0.2, 0.25) is 5.91 Å². The van der Waals surface area contributed by atoms with Crippen LogP contribution in [0.3, 0.4) is 0 Å². The summed E-state index contributed by atoms with van der Waals surface area (Å²) in [6.07, 6.45) is 6.99. The van der Waals surface area contributed by atoms with Gasteiger partial charge in [-0.1, -0.05) is 30.7 Å². The van der Waals surface area contributed by atoms with Crippen molar-refractivity contribution < 1.29 is 14.0 Å². The number of rotatable bonds is 4. The van der Waals surface area contributed by atoms with Gasteiger partial charge in [-0.2, -0.15) is 0 Å². The Kier molecular flexibility index (Phi) is 4.76. The second-order valence-electron chi connectivity index (χ2n) is 5.76. The van der Waals surface area contributed by atoms with Crippen molar-refractivity contribution in [1.82, 2.24) is 10.6 Å². The largest absolute Gasteiger partial charge is 0.472 e. The van der Waals surface area contributed by atoms with E-state index in [1.165, 1.54) is 23.7 Å². The summed E-state index contributed by atoms with van der Waals surface area (Å²) in [4.78, 5) is 24.0. The smallest absolute Gasteiger partial charge is 0.254 e. The lowest BCUT2D eigenvalue weighted by Gasteiger charge is -2.19. The fourth-order valence-corrected chi connectivity index (χ4v) is 2.97. The van der Waals surface area contributed by atoms with Gasteiger partial charge in [0.05, 0.1) is 24.4 Å². The van der Waals surface area contributed by atoms with E-state index in [0.29, 0.717) is 5.56 Å². The fourth-order valence-electron chi connectivity index (χ4n) is 2.97. The van der Waals surface area contributed by atoms with Crippen LogP contribution < -0.4 is 10.6 Å². The van der Waals surface area contributed by atoms with E-state index in [4.69, 9.17) is 4.42 Å². The lowest BCUT2D eigenvalue weighted by atomic mass is 9.99. The molecule has 1 atom stereocenters. The molecule has 0 spiro atoms. The number of amides is 2. The Labute approximate surface area is 135 Å². The molecule has 0 unspecified atom stereocenters. The molecule has 0 bridgehead atoms. The first-order valence-corrected chi connectivity index (χ1v) is 7.91. The summed E-state index contributed by atoms with van der Waals surface area (Å²) >= 11 is 0. The molecule has 5 nitrogen and oxygen atoms in total. The first kappa shape index (κ1) is 15.3. The summed E-state index contributed by atoms with van der Waals surface area (Å²) < 4.78 is 4.86. The highest BCUT2D eigenvalue weighted by Crippen LogP contribution is 2.28. The third kappa shape index (κ3) is 3.80. The highest BCUT2D eigenvalue weighted by molar-refractivity contribution is 5.96. The number of benzene rings is 1. The maximum absolute atomic E-state index is 12.2. The lowest BCUT2D eigenvalue weighted by Crippen LogP contribution is -2.38. The minimum Gasteiger partial charge on any atom is -0.472 e. The Morgan fingerprint density at radius 3 is 2.87 bits per heavy atom. The zero-order valence-corrected chi connectivity index (χ0v) is 12.9. The number of aryl methyl sites for hydroxylation is 1. The van der Waals surface area contributed by atoms with E-state index < -0.39 is 0 Å². The van der Waals surface area contributed by atoms with E-state index in [0.717, 1.165) is 25.7 Å². The summed E-state index contributed by atoms with van der Waals surface area (Å²) in [7, 11) is 0. The highest BCUT2D eigenvalue weighted by Gasteiger charge is 2.20. The van der Waals surface area contributed by atoms with Gasteiger partial charge in [-0.25, -0.2) is 0 Å². The number of hydrogen-bond donors (Lipinski definition) is 2. The summed E-state index contributed by atoms with van der Waals surface area (Å²) in [5.41, 5.74) is 2.91. The molecule has 1 heterocycles. The van der Waals surface area contributed by atoms with Crippen LogP contribution in [0.4, 0.5) is 0 Å². The van der Waals surface area contributed by atoms with Crippen LogP contribution in [0.25, 0.3) is 0 Å². The second kappa shape index (κ2) is 7.13. The predicted octanol–water partition coefficient (Wildman–Crippen LogP) is 2.59. The number of fused-ring (bicyclic) bond motifs is 1. The van der Waals surface area contributed by atoms with Gasteiger partial charge in [-0.15, -0.1) is 0 Å². The average Bonchev–Trinajstić information content (AvgIpc) is 3.03. The van der Waals surface area contributed by atoms with E-state index in [1.807, 2.05) is 12.1 Å². The molecule has 1 aliphatic rings. The Morgan fingerprint density at radius 2 is 2.04 bits per heavy atom. The van der Waals surface area contributed by atoms with Crippen molar-refractivity contribution in [2.45, 2.75) is 31.7 Å². The van der Waals surface area contributed by atoms with Crippen molar-refractivity contribution in [3.05, 3.63) is 59.5 Å². The molecule has 2 N–H and O–H groups in total. The van der Waals surface area contributed by atoms with Gasteiger partial charge < -0.3 is 15.1 Å². The zero-order valence-electron chi connectivity index (χ0n) is 12.9. The molecule has 1 aromatic carbocycles. The molecule has 5 heteroatoms. The molecule has 0 aliphatic heterocycles. The number of hydrogen-bond acceptors (Lipinski definition) is 3. The van der Waals surface area contributed by atoms with Crippen molar-refractivity contribution in [3.63, 3.8) is 0 Å². The van der Waals surface area contributed by atoms with E-state index in [-0.39, 0.29) is 24.4 Å². The predicted molar refractivity (Wildman–Crippen MR) is 85.9 cm³/mol. The van der Waals surface area contributed by atoms with Crippen LogP contribution >= 0.6 is 0 Å². The molecule has 0 saturated carbocycles. The Morgan fingerprint density at radius 1 is 1.17 bits per heavy atom. The number of nitrogens with one attached hydrogen (secondary N) is 2. The number of carbonyl (C=O) groups excluding carboxylic acids is 2. The van der Waals surface area contributed by atoms with Crippen LogP contribution in [0, 0.1) is 0 Å². The molecule has 0 saturated heterocycles. The monoisotopic (exact) mass is 312 g/mol. The van der Waals surface area contributed by atoms with E-state index in [2.05, 4.69) is 22.8 Å². The minimum atomic E-state index is -0.310. The zero-order chi connectivity index (χ0) is 16.1. The summed E-state index contributed by atoms with van der Waals surface area (Å²) in [5.74, 6) is -0.487. The van der Waals surface area contributed by atoms with Crippen LogP contribution in [0.2, 0.25) is 0 Å². The molecule has 120 valence electrons. The van der Waals surface area contributed by atoms with Crippen molar-refractivity contribution in [3.8, 4) is 0 Å². The van der Waals surface area contributed by atoms with Crippen molar-refractivity contribution >= 4 is 11.8 Å². The van der Waals surface area contributed by atoms with Gasteiger partial charge >= 0.3 is 0 Å². The van der Waals surface area contributed by atoms with Crippen LogP contribution in [0.1, 0.15) is 46.8 Å². The third-order valence-corrected chi connectivity index (χ3v) is 4.15. The van der Waals surface area contributed by atoms with Gasteiger partial charge in [-0.05, 0) is 36.5 Å². The van der Waals surface area contributed by atoms with Crippen LogP contribution in [-0.4, -0.2) is 18.4 Å². The fraction of sp³-hybridized carbons (Fsp3) is 0.333. The third-order valence-electron chi connectivity index (χ3n) is 4.15. The van der Waals surface area contributed by atoms with Gasteiger partial charge in [0.25, 0.3) is 5.91 Å². The number of furan rings is 1. The van der Waals surface area contributed by atoms with E-state index in [1.54, 1.807) is 6.07 Å². The molecule has 0 radical (unpaired) electrons. The minimum absolute atomic E-state index is 0.0204. The van der Waals surface area contributed by atoms with Crippen molar-refractivity contribution in [1.29, 1.82) is 0 Å². The lowest BCUT2D eigenvalue weighted by molar-refractivity contribution is -0.120. The van der Waals surface area contributed by atoms with Gasteiger partial charge in [0.15, 0.2) is 0 Å². The molecule has 1 aromatic heterocycles. The Balaban J connectivity index is 1.58. The molecule has 3 rings (SSSR count). The first-order valence-electron chi connectivity index (χ1n) is 7.91. The maximum Gasteiger partial charge on any atom is 0.254 e. The highest BCUT2D eigenvalue weighted by atomic mass is 16.3. The molecule has 2 aromatic rings. The van der Waals surface area contributed by atoms with Crippen molar-refractivity contribution in [2.24, 2.45) is 0 Å². The molecular formula is C18H20N2O3. The summed E-state index contributed by atoms with van der Waals surface area (Å²) in [6, 6.07) is 9.83. The van der Waals surface area contributed by atoms with Gasteiger partial charge in [-0.3, -0.25) is 9.59 Å². The normalized spacial score (nSPS) is 17.0. The van der Waals surface area contributed by atoms with Crippen molar-refractivity contribution in [2.75, 3.05) is 6.54 Å². The quantitative estimate of drug-likeness (QED) is 0.852. The SMILES string of the molecule is O=C(CNC(=O)c1ccoc1)N[C@@H]1CCCCc2ccccc21. The maximum atomic E-state index is 12.2. The van der Waals surface area contributed by atoms with Gasteiger partial charge in [0.1, 0.15) is 6.26 Å². The standard InChI is InChI=1S/C18H20N2O3/c21-17(11-19-18(22)14-9-10-23-12-14)20-16-8-4-2-6-13-5-1-3-7-15(13)16/h1,3,5,7,9-10,12,16H,2,4,6,8,11H2,(H,19,22)(H,20,21)/t16-/m1/s1. The summed E-state index contributed by atoms with van der Waals surface area (Å²) in [6.45, 7) is -0.0390. The molecular weight excluding hydrogens is 292 g/mol. The van der Waals surface area contributed by atoms with Crippen LogP contribution in [-0.2, 0) is 11.2 Å². The molecule has 2 amide bonds. The van der Waals surface area contributed by atoms with Crippen LogP contribution in [0.5, 0.6) is 0 Å². The average molecular weight is 312 g/mol. The topological polar surface area (TPSA) is 71.3 Å². The molecule has 23 heavy (non-hydrogen) atoms. The Hall–Kier alpha value is -2.56. The molecule has 0 fully saturated rings. The summed E-state index contributed by atoms with van der Waals surface area (Å²) in [5, 5.41) is 5.64. The Bertz CT molecular complexity index is 679. The first-order chi connectivity index (χ1) is 11.2. The number of carbonyl (C=O) groups is 2. The molecule has 1 aliphatic carbocycles. The van der Waals surface area contributed by atoms with Gasteiger partial charge in [0, 0.05) is 0 Å².